The largest absolute Gasteiger partial charge is 0.508 e. The zero-order chi connectivity index (χ0) is 94.9. The number of nitrogens with one attached hydrogen (secondary N) is 8. The van der Waals surface area contributed by atoms with Gasteiger partial charge in [0, 0.05) is 48.6 Å². The number of phenolic OH excluding ortho intramolecular Hbond substituents is 4. The third-order valence-electron chi connectivity index (χ3n) is 23.4. The highest BCUT2D eigenvalue weighted by Crippen LogP contribution is 2.51. The molecule has 42 nitrogen and oxygen atoms in total. The molecule has 132 heavy (non-hydrogen) atoms. The molecule has 9 aliphatic rings. The number of carbonyl (C=O) groups excluding carboxylic acids is 8. The number of rotatable bonds is 19. The highest BCUT2D eigenvalue weighted by atomic mass is 35.5. The van der Waals surface area contributed by atoms with Crippen LogP contribution in [-0.2, 0) is 68.5 Å². The molecule has 0 saturated carbocycles. The van der Waals surface area contributed by atoms with Gasteiger partial charge in [0.05, 0.1) is 29.9 Å². The summed E-state index contributed by atoms with van der Waals surface area (Å²) in [7, 11) is 0. The van der Waals surface area contributed by atoms with Crippen LogP contribution in [0.1, 0.15) is 135 Å². The molecule has 9 heterocycles. The highest BCUT2D eigenvalue weighted by Gasteiger charge is 2.52. The van der Waals surface area contributed by atoms with Crippen molar-refractivity contribution < 1.29 is 162 Å². The molecule has 7 aromatic carbocycles. The minimum atomic E-state index is -2.59. The molecule has 0 aliphatic carbocycles. The second-order valence-electron chi connectivity index (χ2n) is 33.2. The standard InChI is InChI=1S/C88H97Cl2N9O33/c1-33(2)8-6-4-5-7-9-60(108)94-68-74(113)71(110)58(31-101)129-87(68)132-78-55-25-40-26-56(78)126-52-17-13-38(23-47(52)90)77(131-86-67(92-34(3)103)73(112)70(109)57(30-100)128-86)69-84(121)98-66(85(122)123)45-28-42(105)29-54(127-88-76(115)75(114)72(111)59(32-102)130-88)61(45)44-22-37(12-14-49(44)106)63(81(118)99-69)96-83(120)65(40)97-82(119)64-39-20-41(104)27-43(21-39)124-53-24-36(11-15-50(53)107)62(91)80(117)93-48(79(116)95-64)19-35-10-16-51(125-55)46(89)18-35/h10-18,20-29,33,48,57-59,62-77,86-88,100-102,104-107,109-115H,4-9,19,30-32,91H2,1-3H3,(H,92,103)(H,93,117)(H,94,108)(H,95,116)(H,96,120)(H,97,119)(H,98,121)(H,99,118)(H,122,123)/t48-,57+,58+,59-,62-,63-,64+,65-,66+,67+,68+,69+,70-,71-,72-,73-,74-,75-,76+,77-,86+,87+,88+/m1/s1. The fourth-order valence-corrected chi connectivity index (χ4v) is 16.9. The maximum Gasteiger partial charge on any atom is 0.330 e. The lowest BCUT2D eigenvalue weighted by molar-refractivity contribution is -0.284. The molecule has 0 spiro atoms. The summed E-state index contributed by atoms with van der Waals surface area (Å²) < 4.78 is 57.5. The summed E-state index contributed by atoms with van der Waals surface area (Å²) in [5.74, 6) is -19.2. The van der Waals surface area contributed by atoms with Gasteiger partial charge in [0.2, 0.25) is 65.6 Å². The van der Waals surface area contributed by atoms with Crippen LogP contribution in [0.4, 0.5) is 0 Å². The van der Waals surface area contributed by atoms with E-state index in [1.54, 1.807) is 0 Å². The molecule has 0 unspecified atom stereocenters. The number of aliphatic hydroxyl groups excluding tert-OH is 10. The minimum Gasteiger partial charge on any atom is -0.508 e. The zero-order valence-corrected chi connectivity index (χ0v) is 71.8. The van der Waals surface area contributed by atoms with Crippen molar-refractivity contribution in [3.05, 3.63) is 164 Å². The lowest BCUT2D eigenvalue weighted by Gasteiger charge is -2.44. The van der Waals surface area contributed by atoms with Crippen LogP contribution in [0.2, 0.25) is 10.0 Å². The number of benzene rings is 7. The molecule has 3 saturated heterocycles. The van der Waals surface area contributed by atoms with E-state index in [1.807, 2.05) is 0 Å². The van der Waals surface area contributed by atoms with Gasteiger partial charge >= 0.3 is 5.97 Å². The number of halogens is 2. The van der Waals surface area contributed by atoms with Crippen molar-refractivity contribution in [2.45, 2.75) is 206 Å². The lowest BCUT2D eigenvalue weighted by Crippen LogP contribution is -2.65. The Morgan fingerprint density at radius 1 is 0.500 bits per heavy atom. The molecule has 25 N–H and O–H groups in total. The minimum absolute atomic E-state index is 0.0267. The quantitative estimate of drug-likeness (QED) is 0.0503. The van der Waals surface area contributed by atoms with Crippen molar-refractivity contribution in [2.24, 2.45) is 11.7 Å². The summed E-state index contributed by atoms with van der Waals surface area (Å²) >= 11 is 14.7. The summed E-state index contributed by atoms with van der Waals surface area (Å²) in [5, 5.41) is 190. The number of aromatic hydroxyl groups is 4. The van der Waals surface area contributed by atoms with Gasteiger partial charge < -0.3 is 167 Å². The van der Waals surface area contributed by atoms with Crippen LogP contribution in [0.25, 0.3) is 11.1 Å². The number of amides is 8. The number of ether oxygens (including phenoxy) is 9. The van der Waals surface area contributed by atoms with Crippen molar-refractivity contribution >= 4 is 76.4 Å². The number of unbranched alkanes of at least 4 members (excludes halogenated alkanes) is 3. The average molecular weight is 1880 g/mol. The Morgan fingerprint density at radius 3 is 1.68 bits per heavy atom. The number of phenols is 4. The second-order valence-corrected chi connectivity index (χ2v) is 34.0. The number of aliphatic hydroxyl groups is 10. The molecule has 0 radical (unpaired) electrons. The molecular weight excluding hydrogens is 1780 g/mol. The number of carboxylic acid groups (broad SMARTS) is 1. The van der Waals surface area contributed by atoms with Gasteiger partial charge in [0.15, 0.2) is 35.3 Å². The van der Waals surface area contributed by atoms with E-state index in [0.717, 1.165) is 111 Å². The maximum absolute atomic E-state index is 17.0. The van der Waals surface area contributed by atoms with Crippen LogP contribution in [0, 0.1) is 5.92 Å². The number of hydrogen-bond donors (Lipinski definition) is 24. The monoisotopic (exact) mass is 1880 g/mol. The number of carbonyl (C=O) groups is 9. The van der Waals surface area contributed by atoms with E-state index in [2.05, 4.69) is 56.4 Å². The Bertz CT molecular complexity index is 5560. The first-order valence-electron chi connectivity index (χ1n) is 42.0. The molecule has 17 bridgehead atoms. The van der Waals surface area contributed by atoms with E-state index in [0.29, 0.717) is 18.8 Å². The van der Waals surface area contributed by atoms with E-state index in [-0.39, 0.29) is 39.8 Å². The van der Waals surface area contributed by atoms with Gasteiger partial charge in [-0.05, 0) is 125 Å². The summed E-state index contributed by atoms with van der Waals surface area (Å²) in [4.78, 5) is 138. The van der Waals surface area contributed by atoms with E-state index in [9.17, 15) is 95.8 Å². The van der Waals surface area contributed by atoms with Crippen molar-refractivity contribution in [2.75, 3.05) is 19.8 Å². The summed E-state index contributed by atoms with van der Waals surface area (Å²) in [6.45, 7) is 1.97. The molecule has 7 aromatic rings. The van der Waals surface area contributed by atoms with E-state index in [4.69, 9.17) is 71.6 Å². The van der Waals surface area contributed by atoms with Crippen LogP contribution >= 0.6 is 23.2 Å². The first kappa shape index (κ1) is 96.0. The normalized spacial score (nSPS) is 28.9. The van der Waals surface area contributed by atoms with Gasteiger partial charge in [-0.1, -0.05) is 87.0 Å². The van der Waals surface area contributed by atoms with Crippen molar-refractivity contribution in [3.63, 3.8) is 0 Å². The van der Waals surface area contributed by atoms with E-state index < -0.39 is 316 Å². The molecule has 0 aromatic heterocycles. The number of carboxylic acids is 1. The fraction of sp³-hybridized carbons (Fsp3) is 0.420. The van der Waals surface area contributed by atoms with Crippen LogP contribution in [0.5, 0.6) is 69.0 Å². The Kier molecular flexibility index (Phi) is 29.5. The van der Waals surface area contributed by atoms with Gasteiger partial charge in [-0.2, -0.15) is 0 Å². The topological polar surface area (TPSA) is 662 Å². The third kappa shape index (κ3) is 20.7. The van der Waals surface area contributed by atoms with Crippen molar-refractivity contribution in [1.29, 1.82) is 0 Å². The number of fused-ring (bicyclic) bond motifs is 14. The smallest absolute Gasteiger partial charge is 0.330 e. The zero-order valence-electron chi connectivity index (χ0n) is 70.3. The van der Waals surface area contributed by atoms with Crippen molar-refractivity contribution in [1.82, 2.24) is 42.5 Å². The Labute approximate surface area is 759 Å². The number of hydrogen-bond acceptors (Lipinski definition) is 33. The highest BCUT2D eigenvalue weighted by molar-refractivity contribution is 6.32. The van der Waals surface area contributed by atoms with Gasteiger partial charge in [-0.3, -0.25) is 38.4 Å². The van der Waals surface area contributed by atoms with Crippen LogP contribution in [0.15, 0.2) is 115 Å². The summed E-state index contributed by atoms with van der Waals surface area (Å²) in [6, 6.07) is 0.658. The first-order chi connectivity index (χ1) is 62.9. The molecule has 3 fully saturated rings. The third-order valence-corrected chi connectivity index (χ3v) is 24.0. The van der Waals surface area contributed by atoms with E-state index >= 15 is 24.0 Å². The summed E-state index contributed by atoms with van der Waals surface area (Å²) in [5.41, 5.74) is 2.79. The summed E-state index contributed by atoms with van der Waals surface area (Å²) in [6.07, 6.45) is -25.9. The average Bonchev–Trinajstić information content (AvgIpc) is 0.748. The fourth-order valence-electron chi connectivity index (χ4n) is 16.5. The maximum atomic E-state index is 17.0. The molecule has 44 heteroatoms. The predicted molar refractivity (Wildman–Crippen MR) is 453 cm³/mol. The predicted octanol–water partition coefficient (Wildman–Crippen LogP) is 1.02. The van der Waals surface area contributed by atoms with E-state index in [1.165, 1.54) is 30.3 Å². The lowest BCUT2D eigenvalue weighted by atomic mass is 9.89. The Morgan fingerprint density at radius 2 is 1.05 bits per heavy atom. The first-order valence-corrected chi connectivity index (χ1v) is 42.7. The number of nitrogens with two attached hydrogens (primary N) is 1. The molecular formula is C88H97Cl2N9O33. The van der Waals surface area contributed by atoms with Crippen LogP contribution in [0.3, 0.4) is 0 Å². The van der Waals surface area contributed by atoms with Gasteiger partial charge in [-0.15, -0.1) is 0 Å². The Balaban J connectivity index is 1.04. The molecule has 9 aliphatic heterocycles. The van der Waals surface area contributed by atoms with Crippen LogP contribution in [-0.4, -0.2) is 254 Å². The molecule has 706 valence electrons. The van der Waals surface area contributed by atoms with Gasteiger partial charge in [0.1, 0.15) is 156 Å². The van der Waals surface area contributed by atoms with Gasteiger partial charge in [0.25, 0.3) is 0 Å². The molecule has 23 atom stereocenters. The Hall–Kier alpha value is -12.0. The van der Waals surface area contributed by atoms with Gasteiger partial charge in [-0.25, -0.2) is 4.79 Å². The SMILES string of the molecule is CC(=O)N[C@@H]1[C@H](O[C@@H]2c3ccc(c(Cl)c3)Oc3cc4cc(c3O[C@@H]3O[C@@H](CO)[C@@H](O)[C@H](O)[C@@H]3NC(=O)CCCCCCC(C)C)Oc3ccc(cc3Cl)C[C@H]3NC(=O)[C@H](N)c5ccc(O)c(c5)Oc5cc(O)cc(c5)[C@H](NC3=O)C(=O)N[C@H]4C(=O)N[C@H]3C(=O)N[C@@H]2C(=O)N[C@H](C(=O)O)c2cc(O)cc(O[C@H]4O[C@H](CO)[C@@H](O)[C@@H](O)[C@@H]4O)c2-c2cc3ccc2O)O[C@@H](CO)[C@@H](O)[C@@H]1O. The molecule has 8 amide bonds. The van der Waals surface area contributed by atoms with Crippen LogP contribution < -0.4 is 72.0 Å². The molecule has 16 rings (SSSR count). The second kappa shape index (κ2) is 40.6. The number of aliphatic carboxylic acids is 1. The van der Waals surface area contributed by atoms with Crippen molar-refractivity contribution in [3.8, 4) is 80.1 Å².